The molecule has 6 nitrogen and oxygen atoms in total. The first-order valence-electron chi connectivity index (χ1n) is 14.2. The Labute approximate surface area is 306 Å². The Bertz CT molecular complexity index is 1460. The summed E-state index contributed by atoms with van der Waals surface area (Å²) in [6.07, 6.45) is 2.63. The van der Waals surface area contributed by atoms with E-state index in [-0.39, 0.29) is 83.6 Å². The number of aromatic nitrogens is 2. The molecule has 0 unspecified atom stereocenters. The van der Waals surface area contributed by atoms with Gasteiger partial charge in [0, 0.05) is 39.5 Å². The summed E-state index contributed by atoms with van der Waals surface area (Å²) in [4.78, 5) is 26.5. The third kappa shape index (κ3) is 11.3. The molecule has 0 bridgehead atoms. The summed E-state index contributed by atoms with van der Waals surface area (Å²) in [5.41, 5.74) is 6.66. The third-order valence-electron chi connectivity index (χ3n) is 7.29. The minimum absolute atomic E-state index is 0. The third-order valence-corrected chi connectivity index (χ3v) is 10.3. The number of hydrogen-bond acceptors (Lipinski definition) is 6. The molecular formula is C32H34Br2Cl2F2N2O4S2. The average Bonchev–Trinajstić information content (AvgIpc) is 3.51. The van der Waals surface area contributed by atoms with Crippen LogP contribution in [-0.4, -0.2) is 25.2 Å². The molecule has 0 spiro atoms. The van der Waals surface area contributed by atoms with E-state index in [4.69, 9.17) is 32.7 Å². The lowest BCUT2D eigenvalue weighted by Crippen LogP contribution is -3.00. The number of carbonyl (C=O) groups excluding carboxylic acids is 2. The molecule has 46 heavy (non-hydrogen) atoms. The van der Waals surface area contributed by atoms with Gasteiger partial charge in [-0.15, -0.1) is 0 Å². The molecule has 4 aromatic rings. The fourth-order valence-electron chi connectivity index (χ4n) is 4.60. The van der Waals surface area contributed by atoms with Crippen LogP contribution in [0.2, 0.25) is 10.0 Å². The molecule has 0 atom stereocenters. The number of thiazole rings is 2. The van der Waals surface area contributed by atoms with Crippen LogP contribution in [0.1, 0.15) is 58.0 Å². The van der Waals surface area contributed by atoms with Crippen LogP contribution >= 0.6 is 45.9 Å². The highest BCUT2D eigenvalue weighted by Gasteiger charge is 2.21. The van der Waals surface area contributed by atoms with Crippen LogP contribution in [0.3, 0.4) is 0 Å². The maximum atomic E-state index is 14.2. The molecule has 0 amide bonds. The maximum Gasteiger partial charge on any atom is 0.305 e. The first-order chi connectivity index (χ1) is 21.1. The Hall–Kier alpha value is -1.96. The molecule has 250 valence electrons. The molecule has 14 heteroatoms. The predicted molar refractivity (Wildman–Crippen MR) is 167 cm³/mol. The van der Waals surface area contributed by atoms with Gasteiger partial charge in [-0.1, -0.05) is 58.0 Å². The number of ether oxygens (including phenoxy) is 2. The van der Waals surface area contributed by atoms with Crippen LogP contribution in [0.15, 0.2) is 47.4 Å². The lowest BCUT2D eigenvalue weighted by molar-refractivity contribution is -0.690. The Morgan fingerprint density at radius 1 is 0.717 bits per heavy atom. The quantitative estimate of drug-likeness (QED) is 0.103. The number of benzene rings is 2. The summed E-state index contributed by atoms with van der Waals surface area (Å²) in [5, 5.41) is 0.776. The fourth-order valence-corrected chi connectivity index (χ4v) is 7.00. The second-order valence-electron chi connectivity index (χ2n) is 10.3. The van der Waals surface area contributed by atoms with Crippen LogP contribution < -0.4 is 43.1 Å². The largest absolute Gasteiger partial charge is 1.00 e. The molecule has 0 aliphatic rings. The van der Waals surface area contributed by atoms with Gasteiger partial charge in [-0.3, -0.25) is 9.59 Å². The molecule has 0 N–H and O–H groups in total. The van der Waals surface area contributed by atoms with Crippen LogP contribution in [0.4, 0.5) is 8.78 Å². The Morgan fingerprint density at radius 2 is 1.11 bits per heavy atom. The smallest absolute Gasteiger partial charge is 0.305 e. The van der Waals surface area contributed by atoms with Gasteiger partial charge in [0.1, 0.15) is 11.6 Å². The number of nitrogens with zero attached hydrogens (tertiary/aromatic N) is 2. The van der Waals surface area contributed by atoms with Crippen molar-refractivity contribution in [3.63, 3.8) is 0 Å². The van der Waals surface area contributed by atoms with Gasteiger partial charge in [0.2, 0.25) is 11.0 Å². The van der Waals surface area contributed by atoms with Gasteiger partial charge in [0.05, 0.1) is 44.1 Å². The molecular weight excluding hydrogens is 809 g/mol. The molecule has 4 rings (SSSR count). The van der Waals surface area contributed by atoms with Gasteiger partial charge in [-0.05, 0) is 37.1 Å². The van der Waals surface area contributed by atoms with Gasteiger partial charge < -0.3 is 43.4 Å². The van der Waals surface area contributed by atoms with E-state index in [0.717, 1.165) is 21.1 Å². The lowest BCUT2D eigenvalue weighted by Gasteiger charge is -2.05. The monoisotopic (exact) mass is 840 g/mol. The highest BCUT2D eigenvalue weighted by molar-refractivity contribution is 7.09. The van der Waals surface area contributed by atoms with E-state index in [9.17, 15) is 18.4 Å². The Balaban J connectivity index is 0.00000368. The van der Waals surface area contributed by atoms with Crippen molar-refractivity contribution in [2.75, 3.05) is 13.2 Å². The molecule has 2 heterocycles. The van der Waals surface area contributed by atoms with E-state index in [1.165, 1.54) is 34.8 Å². The zero-order chi connectivity index (χ0) is 31.6. The fraction of sp³-hybridized carbons (Fsp3) is 0.375. The van der Waals surface area contributed by atoms with Gasteiger partial charge in [-0.2, -0.15) is 9.13 Å². The summed E-state index contributed by atoms with van der Waals surface area (Å²) in [7, 11) is 0. The highest BCUT2D eigenvalue weighted by atomic mass is 79.9. The Kier molecular flexibility index (Phi) is 17.3. The van der Waals surface area contributed by atoms with Gasteiger partial charge in [0.25, 0.3) is 0 Å². The van der Waals surface area contributed by atoms with Crippen molar-refractivity contribution in [3.8, 4) is 0 Å². The van der Waals surface area contributed by atoms with Crippen molar-refractivity contribution in [3.05, 3.63) is 101 Å². The first kappa shape index (κ1) is 40.2. The number of rotatable bonds is 15. The van der Waals surface area contributed by atoms with Gasteiger partial charge in [0.15, 0.2) is 24.5 Å². The van der Waals surface area contributed by atoms with E-state index in [0.29, 0.717) is 59.9 Å². The zero-order valence-corrected chi connectivity index (χ0v) is 31.6. The van der Waals surface area contributed by atoms with Crippen LogP contribution in [0.5, 0.6) is 0 Å². The standard InChI is InChI=1S/C32H34Cl2F2N2O4S2.2BrH/c1-21-29(43-19-37(21)17-23-25(33)7-5-9-27(23)35)13-15-41-31(39)11-3-4-12-32(40)42-16-14-30-22(2)38(20-44-30)18-24-26(34)8-6-10-28(24)36;;/h5-10,19-20H,3-4,11-18H2,1-2H3;2*1H/q+2;;/p-2. The number of carbonyl (C=O) groups is 2. The summed E-state index contributed by atoms with van der Waals surface area (Å²) in [6.45, 7) is 5.05. The van der Waals surface area contributed by atoms with Crippen molar-refractivity contribution in [2.24, 2.45) is 0 Å². The maximum absolute atomic E-state index is 14.2. The summed E-state index contributed by atoms with van der Waals surface area (Å²) < 4.78 is 43.0. The molecule has 0 aliphatic heterocycles. The molecule has 2 aromatic heterocycles. The van der Waals surface area contributed by atoms with Gasteiger partial charge in [-0.25, -0.2) is 8.78 Å². The molecule has 0 aliphatic carbocycles. The van der Waals surface area contributed by atoms with Crippen molar-refractivity contribution in [1.29, 1.82) is 0 Å². The normalized spacial score (nSPS) is 10.7. The molecule has 0 saturated carbocycles. The van der Waals surface area contributed by atoms with E-state index >= 15 is 0 Å². The topological polar surface area (TPSA) is 60.4 Å². The average molecular weight is 843 g/mol. The van der Waals surface area contributed by atoms with Crippen LogP contribution in [0.25, 0.3) is 0 Å². The second kappa shape index (κ2) is 19.8. The van der Waals surface area contributed by atoms with Crippen molar-refractivity contribution in [1.82, 2.24) is 0 Å². The number of halogens is 6. The van der Waals surface area contributed by atoms with E-state index < -0.39 is 0 Å². The van der Waals surface area contributed by atoms with E-state index in [1.54, 1.807) is 24.3 Å². The van der Waals surface area contributed by atoms with Gasteiger partial charge >= 0.3 is 11.9 Å². The predicted octanol–water partition coefficient (Wildman–Crippen LogP) is 1.12. The van der Waals surface area contributed by atoms with Crippen molar-refractivity contribution < 1.29 is 70.9 Å². The van der Waals surface area contributed by atoms with Crippen molar-refractivity contribution >= 4 is 57.8 Å². The minimum Gasteiger partial charge on any atom is -1.00 e. The number of hydrogen-bond donors (Lipinski definition) is 0. The summed E-state index contributed by atoms with van der Waals surface area (Å²) in [5.74, 6) is -1.30. The summed E-state index contributed by atoms with van der Waals surface area (Å²) in [6, 6.07) is 9.29. The molecule has 0 radical (unpaired) electrons. The van der Waals surface area contributed by atoms with Crippen LogP contribution in [-0.2, 0) is 45.0 Å². The van der Waals surface area contributed by atoms with E-state index in [2.05, 4.69) is 0 Å². The minimum atomic E-state index is -0.341. The first-order valence-corrected chi connectivity index (χ1v) is 16.8. The number of unbranched alkanes of at least 4 members (excludes halogenated alkanes) is 1. The van der Waals surface area contributed by atoms with E-state index in [1.807, 2.05) is 34.0 Å². The molecule has 0 fully saturated rings. The highest BCUT2D eigenvalue weighted by Crippen LogP contribution is 2.22. The second-order valence-corrected chi connectivity index (χ2v) is 13.0. The number of esters is 2. The molecule has 2 aromatic carbocycles. The van der Waals surface area contributed by atoms with Crippen molar-refractivity contribution in [2.45, 2.75) is 65.5 Å². The lowest BCUT2D eigenvalue weighted by atomic mass is 10.2. The SMILES string of the molecule is Cc1c(CCOC(=O)CCCCC(=O)OCCc2sc[n+](Cc3c(F)cccc3Cl)c2C)sc[n+]1Cc1c(F)cccc1Cl.[Br-].[Br-]. The molecule has 0 saturated heterocycles. The Morgan fingerprint density at radius 3 is 1.48 bits per heavy atom. The van der Waals surface area contributed by atoms with Crippen LogP contribution in [0, 0.1) is 25.5 Å². The zero-order valence-electron chi connectivity index (χ0n) is 25.3. The summed E-state index contributed by atoms with van der Waals surface area (Å²) >= 11 is 15.4.